The second-order valence-electron chi connectivity index (χ2n) is 2.98. The molecule has 1 N–H and O–H groups in total. The van der Waals surface area contributed by atoms with Gasteiger partial charge < -0.3 is 5.11 Å². The molecule has 0 fully saturated rings. The topological polar surface area (TPSA) is 20.2 Å². The highest BCUT2D eigenvalue weighted by atomic mass is 16.3. The molecule has 1 aromatic rings. The number of hydrogen-bond donors (Lipinski definition) is 1. The fraction of sp³-hybridized carbons (Fsp3) is 0.273. The second kappa shape index (κ2) is 3.44. The minimum atomic E-state index is 0.310. The zero-order valence-corrected chi connectivity index (χ0v) is 7.59. The summed E-state index contributed by atoms with van der Waals surface area (Å²) in [5, 5.41) is 9.24. The molecular weight excluding hydrogens is 148 g/mol. The molecule has 0 amide bonds. The number of benzene rings is 1. The Morgan fingerprint density at radius 2 is 2.17 bits per heavy atom. The second-order valence-corrected chi connectivity index (χ2v) is 2.98. The fourth-order valence-electron chi connectivity index (χ4n) is 1.27. The first kappa shape index (κ1) is 8.85. The quantitative estimate of drug-likeness (QED) is 0.708. The van der Waals surface area contributed by atoms with Gasteiger partial charge in [-0.15, -0.1) is 0 Å². The smallest absolute Gasteiger partial charge is 0.116 e. The van der Waals surface area contributed by atoms with Crippen LogP contribution in [0.3, 0.4) is 0 Å². The van der Waals surface area contributed by atoms with Crippen molar-refractivity contribution in [3.63, 3.8) is 0 Å². The van der Waals surface area contributed by atoms with Crippen LogP contribution >= 0.6 is 0 Å². The number of phenolic OH excluding ortho intramolecular Hbond substituents is 1. The van der Waals surface area contributed by atoms with E-state index in [1.165, 1.54) is 5.56 Å². The lowest BCUT2D eigenvalue weighted by Crippen LogP contribution is -1.88. The summed E-state index contributed by atoms with van der Waals surface area (Å²) in [6, 6.07) is 5.42. The summed E-state index contributed by atoms with van der Waals surface area (Å²) in [5.41, 5.74) is 3.31. The van der Waals surface area contributed by atoms with Crippen LogP contribution in [0.4, 0.5) is 0 Å². The molecular formula is C11H14O. The number of aromatic hydroxyl groups is 1. The van der Waals surface area contributed by atoms with Gasteiger partial charge >= 0.3 is 0 Å². The summed E-state index contributed by atoms with van der Waals surface area (Å²) in [4.78, 5) is 0. The highest BCUT2D eigenvalue weighted by Gasteiger charge is 2.01. The Balaban J connectivity index is 3.21. The molecule has 1 rings (SSSR count). The molecule has 0 radical (unpaired) electrons. The molecule has 64 valence electrons. The van der Waals surface area contributed by atoms with Gasteiger partial charge in [0, 0.05) is 0 Å². The van der Waals surface area contributed by atoms with Crippen molar-refractivity contribution in [3.05, 3.63) is 35.9 Å². The highest BCUT2D eigenvalue weighted by molar-refractivity contribution is 5.65. The van der Waals surface area contributed by atoms with E-state index in [1.54, 1.807) is 12.1 Å². The SMILES string of the molecule is C=C(C)c1cc(O)ccc1CC. The third-order valence-electron chi connectivity index (χ3n) is 1.93. The van der Waals surface area contributed by atoms with E-state index in [-0.39, 0.29) is 0 Å². The van der Waals surface area contributed by atoms with Gasteiger partial charge in [0.25, 0.3) is 0 Å². The average Bonchev–Trinajstić information content (AvgIpc) is 2.04. The fourth-order valence-corrected chi connectivity index (χ4v) is 1.27. The van der Waals surface area contributed by atoms with Gasteiger partial charge in [0.05, 0.1) is 0 Å². The Kier molecular flexibility index (Phi) is 2.54. The lowest BCUT2D eigenvalue weighted by atomic mass is 10.00. The standard InChI is InChI=1S/C11H14O/c1-4-9-5-6-10(12)7-11(9)8(2)3/h5-7,12H,2,4H2,1,3H3. The van der Waals surface area contributed by atoms with Gasteiger partial charge in [0.15, 0.2) is 0 Å². The lowest BCUT2D eigenvalue weighted by molar-refractivity contribution is 0.475. The molecule has 0 saturated carbocycles. The van der Waals surface area contributed by atoms with Crippen LogP contribution in [0.25, 0.3) is 5.57 Å². The van der Waals surface area contributed by atoms with E-state index < -0.39 is 0 Å². The molecule has 0 aliphatic carbocycles. The molecule has 1 nitrogen and oxygen atoms in total. The van der Waals surface area contributed by atoms with Crippen LogP contribution in [0.15, 0.2) is 24.8 Å². The van der Waals surface area contributed by atoms with Crippen LogP contribution in [0.1, 0.15) is 25.0 Å². The summed E-state index contributed by atoms with van der Waals surface area (Å²) in [6.45, 7) is 7.91. The van der Waals surface area contributed by atoms with Gasteiger partial charge in [-0.3, -0.25) is 0 Å². The van der Waals surface area contributed by atoms with E-state index in [9.17, 15) is 5.11 Å². The van der Waals surface area contributed by atoms with Gasteiger partial charge in [-0.05, 0) is 36.6 Å². The third-order valence-corrected chi connectivity index (χ3v) is 1.93. The zero-order chi connectivity index (χ0) is 9.14. The molecule has 0 heterocycles. The predicted octanol–water partition coefficient (Wildman–Crippen LogP) is 2.99. The molecule has 0 aromatic heterocycles. The summed E-state index contributed by atoms with van der Waals surface area (Å²) in [6.07, 6.45) is 0.975. The monoisotopic (exact) mass is 162 g/mol. The lowest BCUT2D eigenvalue weighted by Gasteiger charge is -2.07. The van der Waals surface area contributed by atoms with Gasteiger partial charge in [0.2, 0.25) is 0 Å². The van der Waals surface area contributed by atoms with E-state index in [4.69, 9.17) is 0 Å². The molecule has 1 aromatic carbocycles. The zero-order valence-electron chi connectivity index (χ0n) is 7.59. The summed E-state index contributed by atoms with van der Waals surface area (Å²) >= 11 is 0. The largest absolute Gasteiger partial charge is 0.508 e. The molecule has 1 heteroatoms. The van der Waals surface area contributed by atoms with E-state index in [2.05, 4.69) is 13.5 Å². The van der Waals surface area contributed by atoms with Crippen molar-refractivity contribution in [2.45, 2.75) is 20.3 Å². The van der Waals surface area contributed by atoms with Crippen molar-refractivity contribution < 1.29 is 5.11 Å². The first-order valence-corrected chi connectivity index (χ1v) is 4.13. The first-order valence-electron chi connectivity index (χ1n) is 4.13. The van der Waals surface area contributed by atoms with Crippen molar-refractivity contribution in [3.8, 4) is 5.75 Å². The molecule has 0 aliphatic heterocycles. The van der Waals surface area contributed by atoms with E-state index in [1.807, 2.05) is 13.0 Å². The number of aryl methyl sites for hydroxylation is 1. The van der Waals surface area contributed by atoms with Gasteiger partial charge in [-0.25, -0.2) is 0 Å². The maximum atomic E-state index is 9.24. The number of rotatable bonds is 2. The van der Waals surface area contributed by atoms with Crippen molar-refractivity contribution >= 4 is 5.57 Å². The molecule has 0 aliphatic rings. The van der Waals surface area contributed by atoms with Crippen molar-refractivity contribution in [2.24, 2.45) is 0 Å². The number of hydrogen-bond acceptors (Lipinski definition) is 1. The maximum Gasteiger partial charge on any atom is 0.116 e. The minimum Gasteiger partial charge on any atom is -0.508 e. The molecule has 0 saturated heterocycles. The molecule has 0 bridgehead atoms. The van der Waals surface area contributed by atoms with Crippen LogP contribution < -0.4 is 0 Å². The van der Waals surface area contributed by atoms with E-state index >= 15 is 0 Å². The van der Waals surface area contributed by atoms with Crippen LogP contribution in [0.5, 0.6) is 5.75 Å². The Labute approximate surface area is 73.4 Å². The molecule has 0 spiro atoms. The van der Waals surface area contributed by atoms with Gasteiger partial charge in [-0.2, -0.15) is 0 Å². The van der Waals surface area contributed by atoms with Crippen molar-refractivity contribution in [2.75, 3.05) is 0 Å². The number of allylic oxidation sites excluding steroid dienone is 1. The normalized spacial score (nSPS) is 9.83. The maximum absolute atomic E-state index is 9.24. The Morgan fingerprint density at radius 3 is 2.67 bits per heavy atom. The Hall–Kier alpha value is -1.24. The Bertz CT molecular complexity index is 300. The minimum absolute atomic E-state index is 0.310. The average molecular weight is 162 g/mol. The van der Waals surface area contributed by atoms with Crippen LogP contribution in [-0.2, 0) is 6.42 Å². The van der Waals surface area contributed by atoms with Crippen molar-refractivity contribution in [1.82, 2.24) is 0 Å². The highest BCUT2D eigenvalue weighted by Crippen LogP contribution is 2.22. The first-order chi connectivity index (χ1) is 5.65. The van der Waals surface area contributed by atoms with Gasteiger partial charge in [0.1, 0.15) is 5.75 Å². The number of phenols is 1. The summed E-state index contributed by atoms with van der Waals surface area (Å²) in [7, 11) is 0. The summed E-state index contributed by atoms with van der Waals surface area (Å²) < 4.78 is 0. The van der Waals surface area contributed by atoms with Gasteiger partial charge in [-0.1, -0.05) is 25.1 Å². The van der Waals surface area contributed by atoms with E-state index in [0.717, 1.165) is 17.6 Å². The summed E-state index contributed by atoms with van der Waals surface area (Å²) in [5.74, 6) is 0.310. The Morgan fingerprint density at radius 1 is 1.50 bits per heavy atom. The van der Waals surface area contributed by atoms with Crippen molar-refractivity contribution in [1.29, 1.82) is 0 Å². The molecule has 0 unspecified atom stereocenters. The van der Waals surface area contributed by atoms with Crippen LogP contribution in [0.2, 0.25) is 0 Å². The molecule has 12 heavy (non-hydrogen) atoms. The molecule has 0 atom stereocenters. The van der Waals surface area contributed by atoms with Crippen LogP contribution in [0, 0.1) is 0 Å². The predicted molar refractivity (Wildman–Crippen MR) is 52.2 cm³/mol. The van der Waals surface area contributed by atoms with Crippen LogP contribution in [-0.4, -0.2) is 5.11 Å². The third kappa shape index (κ3) is 1.67. The van der Waals surface area contributed by atoms with E-state index in [0.29, 0.717) is 5.75 Å².